The molecular formula is C15H23N3O3. The second-order valence-electron chi connectivity index (χ2n) is 5.51. The lowest BCUT2D eigenvalue weighted by molar-refractivity contribution is 0.0398. The van der Waals surface area contributed by atoms with Crippen molar-refractivity contribution in [3.63, 3.8) is 0 Å². The van der Waals surface area contributed by atoms with Crippen LogP contribution in [-0.2, 0) is 4.74 Å². The van der Waals surface area contributed by atoms with E-state index in [1.807, 2.05) is 13.8 Å². The highest BCUT2D eigenvalue weighted by atomic mass is 16.5. The van der Waals surface area contributed by atoms with Crippen molar-refractivity contribution in [1.29, 1.82) is 0 Å². The number of hydrogen-bond acceptors (Lipinski definition) is 5. The summed E-state index contributed by atoms with van der Waals surface area (Å²) in [5.41, 5.74) is 1.08. The van der Waals surface area contributed by atoms with E-state index in [2.05, 4.69) is 15.2 Å². The highest BCUT2D eigenvalue weighted by molar-refractivity contribution is 5.88. The van der Waals surface area contributed by atoms with Crippen LogP contribution in [0.2, 0.25) is 0 Å². The molecule has 0 unspecified atom stereocenters. The van der Waals surface area contributed by atoms with Gasteiger partial charge in [0.2, 0.25) is 0 Å². The minimum Gasteiger partial charge on any atom is -0.478 e. The van der Waals surface area contributed by atoms with Crippen LogP contribution in [0, 0.1) is 0 Å². The Balaban J connectivity index is 1.96. The number of carbonyl (C=O) groups is 1. The maximum atomic E-state index is 11.2. The van der Waals surface area contributed by atoms with Crippen molar-refractivity contribution < 1.29 is 14.6 Å². The zero-order valence-electron chi connectivity index (χ0n) is 12.6. The zero-order chi connectivity index (χ0) is 15.2. The van der Waals surface area contributed by atoms with Crippen molar-refractivity contribution >= 4 is 11.8 Å². The van der Waals surface area contributed by atoms with Gasteiger partial charge in [-0.05, 0) is 18.1 Å². The first-order chi connectivity index (χ1) is 10.1. The van der Waals surface area contributed by atoms with Gasteiger partial charge in [0.15, 0.2) is 0 Å². The quantitative estimate of drug-likeness (QED) is 0.830. The van der Waals surface area contributed by atoms with Crippen molar-refractivity contribution in [1.82, 2.24) is 9.88 Å². The average Bonchev–Trinajstić information content (AvgIpc) is 2.48. The molecule has 0 spiro atoms. The number of anilines is 1. The van der Waals surface area contributed by atoms with E-state index < -0.39 is 5.97 Å². The van der Waals surface area contributed by atoms with Crippen LogP contribution in [0.4, 0.5) is 5.82 Å². The third-order valence-electron chi connectivity index (χ3n) is 3.52. The molecular weight excluding hydrogens is 270 g/mol. The molecule has 116 valence electrons. The molecule has 1 aromatic heterocycles. The number of nitrogens with zero attached hydrogens (tertiary/aromatic N) is 2. The van der Waals surface area contributed by atoms with Gasteiger partial charge in [-0.25, -0.2) is 9.78 Å². The summed E-state index contributed by atoms with van der Waals surface area (Å²) in [6.45, 7) is 9.11. The summed E-state index contributed by atoms with van der Waals surface area (Å²) in [5, 5.41) is 12.4. The Kier molecular flexibility index (Phi) is 5.52. The number of carboxylic acids is 1. The molecule has 6 heteroatoms. The van der Waals surface area contributed by atoms with Gasteiger partial charge < -0.3 is 15.2 Å². The molecule has 0 aliphatic carbocycles. The highest BCUT2D eigenvalue weighted by Crippen LogP contribution is 2.17. The number of ether oxygens (including phenoxy) is 1. The molecule has 1 aliphatic rings. The molecule has 2 heterocycles. The average molecular weight is 293 g/mol. The Morgan fingerprint density at radius 3 is 2.76 bits per heavy atom. The van der Waals surface area contributed by atoms with Crippen LogP contribution >= 0.6 is 0 Å². The standard InChI is InChI=1S/C15H23N3O3/c1-11(2)13-9-12(15(19)20)10-14(17-13)16-3-4-18-5-7-21-8-6-18/h9-11H,3-8H2,1-2H3,(H,16,17)(H,19,20). The molecule has 6 nitrogen and oxygen atoms in total. The summed E-state index contributed by atoms with van der Waals surface area (Å²) >= 11 is 0. The second kappa shape index (κ2) is 7.38. The lowest BCUT2D eigenvalue weighted by atomic mass is 10.1. The third kappa shape index (κ3) is 4.68. The molecule has 21 heavy (non-hydrogen) atoms. The smallest absolute Gasteiger partial charge is 0.335 e. The maximum absolute atomic E-state index is 11.2. The van der Waals surface area contributed by atoms with Gasteiger partial charge in [0.1, 0.15) is 5.82 Å². The number of hydrogen-bond donors (Lipinski definition) is 2. The summed E-state index contributed by atoms with van der Waals surface area (Å²) < 4.78 is 5.31. The molecule has 0 amide bonds. The van der Waals surface area contributed by atoms with E-state index in [1.54, 1.807) is 12.1 Å². The van der Waals surface area contributed by atoms with Gasteiger partial charge >= 0.3 is 5.97 Å². The molecule has 1 saturated heterocycles. The number of nitrogens with one attached hydrogen (secondary N) is 1. The number of morpholine rings is 1. The monoisotopic (exact) mass is 293 g/mol. The first-order valence-electron chi connectivity index (χ1n) is 7.35. The van der Waals surface area contributed by atoms with Crippen LogP contribution in [-0.4, -0.2) is 60.4 Å². The normalized spacial score (nSPS) is 16.1. The lowest BCUT2D eigenvalue weighted by Gasteiger charge is -2.26. The minimum atomic E-state index is -0.921. The first kappa shape index (κ1) is 15.7. The molecule has 0 saturated carbocycles. The number of aromatic carboxylic acids is 1. The Morgan fingerprint density at radius 1 is 1.43 bits per heavy atom. The number of carboxylic acid groups (broad SMARTS) is 1. The van der Waals surface area contributed by atoms with E-state index in [4.69, 9.17) is 9.84 Å². The number of pyridine rings is 1. The Hall–Kier alpha value is -1.66. The summed E-state index contributed by atoms with van der Waals surface area (Å²) in [4.78, 5) is 18.0. The van der Waals surface area contributed by atoms with Crippen LogP contribution in [0.5, 0.6) is 0 Å². The van der Waals surface area contributed by atoms with Gasteiger partial charge in [-0.15, -0.1) is 0 Å². The Bertz CT molecular complexity index is 485. The number of aromatic nitrogens is 1. The highest BCUT2D eigenvalue weighted by Gasteiger charge is 2.12. The van der Waals surface area contributed by atoms with Gasteiger partial charge in [-0.1, -0.05) is 13.8 Å². The molecule has 0 aromatic carbocycles. The van der Waals surface area contributed by atoms with Crippen molar-refractivity contribution in [3.05, 3.63) is 23.4 Å². The second-order valence-corrected chi connectivity index (χ2v) is 5.51. The fraction of sp³-hybridized carbons (Fsp3) is 0.600. The number of rotatable bonds is 6. The molecule has 1 aliphatic heterocycles. The van der Waals surface area contributed by atoms with Crippen LogP contribution < -0.4 is 5.32 Å². The van der Waals surface area contributed by atoms with Crippen molar-refractivity contribution in [3.8, 4) is 0 Å². The van der Waals surface area contributed by atoms with E-state index in [9.17, 15) is 4.79 Å². The van der Waals surface area contributed by atoms with Crippen molar-refractivity contribution in [2.75, 3.05) is 44.7 Å². The zero-order valence-corrected chi connectivity index (χ0v) is 12.6. The molecule has 1 fully saturated rings. The summed E-state index contributed by atoms with van der Waals surface area (Å²) in [6.07, 6.45) is 0. The maximum Gasteiger partial charge on any atom is 0.335 e. The van der Waals surface area contributed by atoms with E-state index in [1.165, 1.54) is 0 Å². The van der Waals surface area contributed by atoms with E-state index >= 15 is 0 Å². The van der Waals surface area contributed by atoms with Gasteiger partial charge in [-0.3, -0.25) is 4.90 Å². The van der Waals surface area contributed by atoms with Crippen LogP contribution in [0.25, 0.3) is 0 Å². The van der Waals surface area contributed by atoms with Gasteiger partial charge in [0, 0.05) is 31.9 Å². The fourth-order valence-corrected chi connectivity index (χ4v) is 2.23. The summed E-state index contributed by atoms with van der Waals surface area (Å²) in [6, 6.07) is 3.23. The molecule has 0 atom stereocenters. The topological polar surface area (TPSA) is 74.7 Å². The van der Waals surface area contributed by atoms with Gasteiger partial charge in [0.05, 0.1) is 18.8 Å². The fourth-order valence-electron chi connectivity index (χ4n) is 2.23. The lowest BCUT2D eigenvalue weighted by Crippen LogP contribution is -2.39. The van der Waals surface area contributed by atoms with Crippen LogP contribution in [0.3, 0.4) is 0 Å². The largest absolute Gasteiger partial charge is 0.478 e. The van der Waals surface area contributed by atoms with Crippen molar-refractivity contribution in [2.24, 2.45) is 0 Å². The predicted molar refractivity (Wildman–Crippen MR) is 81.0 cm³/mol. The molecule has 0 radical (unpaired) electrons. The van der Waals surface area contributed by atoms with E-state index in [0.29, 0.717) is 5.82 Å². The molecule has 0 bridgehead atoms. The van der Waals surface area contributed by atoms with Crippen molar-refractivity contribution in [2.45, 2.75) is 19.8 Å². The minimum absolute atomic E-state index is 0.198. The SMILES string of the molecule is CC(C)c1cc(C(=O)O)cc(NCCN2CCOCC2)n1. The molecule has 1 aromatic rings. The Labute approximate surface area is 125 Å². The summed E-state index contributed by atoms with van der Waals surface area (Å²) in [5.74, 6) is -0.0912. The van der Waals surface area contributed by atoms with Crippen LogP contribution in [0.1, 0.15) is 35.8 Å². The van der Waals surface area contributed by atoms with E-state index in [0.717, 1.165) is 45.1 Å². The Morgan fingerprint density at radius 2 is 2.14 bits per heavy atom. The van der Waals surface area contributed by atoms with Crippen LogP contribution in [0.15, 0.2) is 12.1 Å². The van der Waals surface area contributed by atoms with Gasteiger partial charge in [0.25, 0.3) is 0 Å². The molecule has 2 rings (SSSR count). The first-order valence-corrected chi connectivity index (χ1v) is 7.35. The summed E-state index contributed by atoms with van der Waals surface area (Å²) in [7, 11) is 0. The van der Waals surface area contributed by atoms with Gasteiger partial charge in [-0.2, -0.15) is 0 Å². The molecule has 2 N–H and O–H groups in total. The third-order valence-corrected chi connectivity index (χ3v) is 3.52. The van der Waals surface area contributed by atoms with E-state index in [-0.39, 0.29) is 11.5 Å². The predicted octanol–water partition coefficient (Wildman–Crippen LogP) is 1.65.